The molecule has 1 aromatic rings. The fourth-order valence-electron chi connectivity index (χ4n) is 3.32. The molecule has 0 aliphatic heterocycles. The maximum atomic E-state index is 4.83. The molecule has 3 nitrogen and oxygen atoms in total. The van der Waals surface area contributed by atoms with Crippen molar-refractivity contribution in [2.45, 2.75) is 76.8 Å². The summed E-state index contributed by atoms with van der Waals surface area (Å²) in [7, 11) is 0. The Hall–Kier alpha value is -0.830. The Balaban J connectivity index is 1.43. The van der Waals surface area contributed by atoms with E-state index in [2.05, 4.69) is 29.2 Å². The van der Waals surface area contributed by atoms with Gasteiger partial charge in [-0.05, 0) is 57.1 Å². The Morgan fingerprint density at radius 3 is 2.80 bits per heavy atom. The van der Waals surface area contributed by atoms with Gasteiger partial charge in [0.1, 0.15) is 0 Å². The second-order valence-electron chi connectivity index (χ2n) is 6.91. The highest BCUT2D eigenvalue weighted by molar-refractivity contribution is 5.01. The van der Waals surface area contributed by atoms with E-state index in [1.165, 1.54) is 63.6 Å². The van der Waals surface area contributed by atoms with E-state index in [4.69, 9.17) is 5.10 Å². The molecule has 0 radical (unpaired) electrons. The van der Waals surface area contributed by atoms with Crippen molar-refractivity contribution in [2.24, 2.45) is 5.92 Å². The smallest absolute Gasteiger partial charge is 0.0627 e. The predicted octanol–water partition coefficient (Wildman–Crippen LogP) is 3.71. The van der Waals surface area contributed by atoms with E-state index in [-0.39, 0.29) is 0 Å². The lowest BCUT2D eigenvalue weighted by Gasteiger charge is -2.21. The average molecular weight is 275 g/mol. The zero-order valence-corrected chi connectivity index (χ0v) is 12.9. The van der Waals surface area contributed by atoms with Crippen molar-refractivity contribution in [1.82, 2.24) is 15.1 Å². The van der Waals surface area contributed by atoms with Crippen LogP contribution in [0.25, 0.3) is 0 Å². The molecule has 1 unspecified atom stereocenters. The van der Waals surface area contributed by atoms with Gasteiger partial charge in [0.15, 0.2) is 0 Å². The molecule has 0 amide bonds. The normalized spacial score (nSPS) is 22.1. The molecule has 2 aliphatic rings. The van der Waals surface area contributed by atoms with Crippen LogP contribution in [0.1, 0.15) is 70.0 Å². The Morgan fingerprint density at radius 2 is 2.05 bits per heavy atom. The third-order valence-corrected chi connectivity index (χ3v) is 4.82. The summed E-state index contributed by atoms with van der Waals surface area (Å²) < 4.78 is 2.24. The van der Waals surface area contributed by atoms with Crippen LogP contribution >= 0.6 is 0 Å². The van der Waals surface area contributed by atoms with Crippen LogP contribution in [0.15, 0.2) is 12.3 Å². The van der Waals surface area contributed by atoms with E-state index in [9.17, 15) is 0 Å². The molecule has 2 aliphatic carbocycles. The minimum Gasteiger partial charge on any atom is -0.314 e. The molecule has 1 aromatic heterocycles. The van der Waals surface area contributed by atoms with Crippen molar-refractivity contribution < 1.29 is 0 Å². The first-order chi connectivity index (χ1) is 9.81. The van der Waals surface area contributed by atoms with E-state index >= 15 is 0 Å². The van der Waals surface area contributed by atoms with Gasteiger partial charge in [0, 0.05) is 12.2 Å². The van der Waals surface area contributed by atoms with E-state index in [1.807, 2.05) is 0 Å². The van der Waals surface area contributed by atoms with Crippen LogP contribution < -0.4 is 5.32 Å². The molecule has 3 heteroatoms. The van der Waals surface area contributed by atoms with Gasteiger partial charge in [-0.3, -0.25) is 4.68 Å². The molecular weight excluding hydrogens is 246 g/mol. The standard InChI is InChI=1S/C17H29N3/c1-14(9-11-18-15-7-8-15)13-16-10-12-20(19-16)17-5-3-2-4-6-17/h10,12,14-15,17-18H,2-9,11,13H2,1H3. The highest BCUT2D eigenvalue weighted by Crippen LogP contribution is 2.27. The van der Waals surface area contributed by atoms with Crippen LogP contribution in [0.2, 0.25) is 0 Å². The van der Waals surface area contributed by atoms with Gasteiger partial charge in [-0.2, -0.15) is 5.10 Å². The van der Waals surface area contributed by atoms with Crippen molar-refractivity contribution >= 4 is 0 Å². The zero-order chi connectivity index (χ0) is 13.8. The van der Waals surface area contributed by atoms with E-state index in [0.29, 0.717) is 6.04 Å². The maximum Gasteiger partial charge on any atom is 0.0627 e. The molecule has 2 saturated carbocycles. The summed E-state index contributed by atoms with van der Waals surface area (Å²) in [6.45, 7) is 3.53. The third kappa shape index (κ3) is 4.08. The summed E-state index contributed by atoms with van der Waals surface area (Å²) in [4.78, 5) is 0. The van der Waals surface area contributed by atoms with E-state index < -0.39 is 0 Å². The number of hydrogen-bond acceptors (Lipinski definition) is 2. The molecular formula is C17H29N3. The lowest BCUT2D eigenvalue weighted by molar-refractivity contribution is 0.327. The summed E-state index contributed by atoms with van der Waals surface area (Å²) >= 11 is 0. The van der Waals surface area contributed by atoms with Gasteiger partial charge in [0.2, 0.25) is 0 Å². The molecule has 0 saturated heterocycles. The summed E-state index contributed by atoms with van der Waals surface area (Å²) in [6.07, 6.45) is 14.2. The second kappa shape index (κ2) is 6.75. The molecule has 2 fully saturated rings. The molecule has 1 N–H and O–H groups in total. The van der Waals surface area contributed by atoms with Gasteiger partial charge in [-0.1, -0.05) is 26.2 Å². The molecule has 1 atom stereocenters. The molecule has 112 valence electrons. The summed E-state index contributed by atoms with van der Waals surface area (Å²) in [5.41, 5.74) is 1.29. The lowest BCUT2D eigenvalue weighted by atomic mass is 9.96. The van der Waals surface area contributed by atoms with Gasteiger partial charge in [-0.15, -0.1) is 0 Å². The quantitative estimate of drug-likeness (QED) is 0.822. The summed E-state index contributed by atoms with van der Waals surface area (Å²) in [5.74, 6) is 0.732. The fraction of sp³-hybridized carbons (Fsp3) is 0.824. The minimum absolute atomic E-state index is 0.671. The van der Waals surface area contributed by atoms with Gasteiger partial charge in [-0.25, -0.2) is 0 Å². The molecule has 1 heterocycles. The number of rotatable bonds is 7. The first-order valence-electron chi connectivity index (χ1n) is 8.58. The van der Waals surface area contributed by atoms with Gasteiger partial charge in [0.25, 0.3) is 0 Å². The van der Waals surface area contributed by atoms with Crippen LogP contribution in [0.5, 0.6) is 0 Å². The Labute approximate surface area is 123 Å². The van der Waals surface area contributed by atoms with Gasteiger partial charge < -0.3 is 5.32 Å². The van der Waals surface area contributed by atoms with Crippen LogP contribution in [-0.4, -0.2) is 22.4 Å². The highest BCUT2D eigenvalue weighted by Gasteiger charge is 2.20. The summed E-state index contributed by atoms with van der Waals surface area (Å²) in [6, 6.07) is 3.75. The van der Waals surface area contributed by atoms with Crippen molar-refractivity contribution in [2.75, 3.05) is 6.54 Å². The van der Waals surface area contributed by atoms with Crippen molar-refractivity contribution in [3.8, 4) is 0 Å². The topological polar surface area (TPSA) is 29.9 Å². The first-order valence-corrected chi connectivity index (χ1v) is 8.58. The predicted molar refractivity (Wildman–Crippen MR) is 82.9 cm³/mol. The van der Waals surface area contributed by atoms with Crippen molar-refractivity contribution in [3.05, 3.63) is 18.0 Å². The largest absolute Gasteiger partial charge is 0.314 e. The maximum absolute atomic E-state index is 4.83. The Kier molecular flexibility index (Phi) is 4.77. The molecule has 20 heavy (non-hydrogen) atoms. The third-order valence-electron chi connectivity index (χ3n) is 4.82. The minimum atomic E-state index is 0.671. The van der Waals surface area contributed by atoms with Crippen molar-refractivity contribution in [3.63, 3.8) is 0 Å². The molecule has 3 rings (SSSR count). The monoisotopic (exact) mass is 275 g/mol. The van der Waals surface area contributed by atoms with Crippen LogP contribution in [0.3, 0.4) is 0 Å². The Bertz CT molecular complexity index is 402. The van der Waals surface area contributed by atoms with Crippen LogP contribution in [0, 0.1) is 5.92 Å². The lowest BCUT2D eigenvalue weighted by Crippen LogP contribution is -2.20. The summed E-state index contributed by atoms with van der Waals surface area (Å²) in [5, 5.41) is 8.43. The highest BCUT2D eigenvalue weighted by atomic mass is 15.3. The number of nitrogens with zero attached hydrogens (tertiary/aromatic N) is 2. The Morgan fingerprint density at radius 1 is 1.25 bits per heavy atom. The first kappa shape index (κ1) is 14.1. The zero-order valence-electron chi connectivity index (χ0n) is 12.9. The number of nitrogens with one attached hydrogen (secondary N) is 1. The average Bonchev–Trinajstić information content (AvgIpc) is 3.17. The van der Waals surface area contributed by atoms with E-state index in [0.717, 1.165) is 18.4 Å². The molecule has 0 bridgehead atoms. The van der Waals surface area contributed by atoms with Crippen molar-refractivity contribution in [1.29, 1.82) is 0 Å². The number of aromatic nitrogens is 2. The fourth-order valence-corrected chi connectivity index (χ4v) is 3.32. The molecule has 0 aromatic carbocycles. The van der Waals surface area contributed by atoms with Crippen LogP contribution in [0.4, 0.5) is 0 Å². The number of hydrogen-bond donors (Lipinski definition) is 1. The second-order valence-corrected chi connectivity index (χ2v) is 6.91. The van der Waals surface area contributed by atoms with E-state index in [1.54, 1.807) is 0 Å². The molecule has 0 spiro atoms. The van der Waals surface area contributed by atoms with Gasteiger partial charge >= 0.3 is 0 Å². The van der Waals surface area contributed by atoms with Crippen LogP contribution in [-0.2, 0) is 6.42 Å². The van der Waals surface area contributed by atoms with Gasteiger partial charge in [0.05, 0.1) is 11.7 Å². The SMILES string of the molecule is CC(CCNC1CC1)Cc1ccn(C2CCCCC2)n1.